The number of aromatic nitrogens is 1. The summed E-state index contributed by atoms with van der Waals surface area (Å²) in [4.78, 5) is 0. The van der Waals surface area contributed by atoms with Crippen molar-refractivity contribution >= 4 is 16.5 Å². The summed E-state index contributed by atoms with van der Waals surface area (Å²) in [6.45, 7) is 4.15. The molecule has 1 heterocycles. The summed E-state index contributed by atoms with van der Waals surface area (Å²) in [6.07, 6.45) is 2.74. The van der Waals surface area contributed by atoms with Gasteiger partial charge in [0.2, 0.25) is 0 Å². The van der Waals surface area contributed by atoms with Crippen LogP contribution in [0.25, 0.3) is 16.5 Å². The first kappa shape index (κ1) is 16.6. The van der Waals surface area contributed by atoms with E-state index in [1.54, 1.807) is 0 Å². The Bertz CT molecular complexity index is 983. The maximum atomic E-state index is 9.69. The van der Waals surface area contributed by atoms with E-state index in [0.717, 1.165) is 27.6 Å². The Morgan fingerprint density at radius 1 is 1.08 bits per heavy atom. The van der Waals surface area contributed by atoms with Gasteiger partial charge in [0.1, 0.15) is 0 Å². The lowest BCUT2D eigenvalue weighted by molar-refractivity contribution is 0.534. The van der Waals surface area contributed by atoms with E-state index >= 15 is 0 Å². The summed E-state index contributed by atoms with van der Waals surface area (Å²) in [5.74, 6) is 0. The van der Waals surface area contributed by atoms with Crippen molar-refractivity contribution in [2.24, 2.45) is 12.5 Å². The third-order valence-electron chi connectivity index (χ3n) is 4.59. The minimum Gasteiger partial charge on any atom is -0.351 e. The molecule has 3 heteroatoms. The second-order valence-electron chi connectivity index (χ2n) is 6.45. The molecule has 0 N–H and O–H groups in total. The third-order valence-corrected chi connectivity index (χ3v) is 4.59. The number of allylic oxidation sites excluding steroid dienone is 1. The third kappa shape index (κ3) is 3.32. The number of nitrogens with zero attached hydrogens (tertiary/aromatic N) is 3. The second-order valence-corrected chi connectivity index (χ2v) is 6.45. The van der Waals surface area contributed by atoms with Crippen LogP contribution in [0.4, 0.5) is 0 Å². The molecular weight excluding hydrogens is 306 g/mol. The first-order chi connectivity index (χ1) is 12.1. The molecule has 0 saturated carbocycles. The molecule has 0 unspecified atom stereocenters. The predicted molar refractivity (Wildman–Crippen MR) is 100 cm³/mol. The Morgan fingerprint density at radius 3 is 2.48 bits per heavy atom. The van der Waals surface area contributed by atoms with Crippen LogP contribution in [0, 0.1) is 28.1 Å². The van der Waals surface area contributed by atoms with E-state index in [4.69, 9.17) is 0 Å². The van der Waals surface area contributed by atoms with Gasteiger partial charge in [0.25, 0.3) is 0 Å². The van der Waals surface area contributed by atoms with Gasteiger partial charge in [-0.25, -0.2) is 0 Å². The Hall–Kier alpha value is -3.30. The van der Waals surface area contributed by atoms with Crippen molar-refractivity contribution in [3.63, 3.8) is 0 Å². The van der Waals surface area contributed by atoms with Gasteiger partial charge in [0, 0.05) is 37.0 Å². The van der Waals surface area contributed by atoms with Gasteiger partial charge in [-0.15, -0.1) is 0 Å². The zero-order chi connectivity index (χ0) is 17.9. The van der Waals surface area contributed by atoms with Crippen molar-refractivity contribution < 1.29 is 0 Å². The molecule has 0 atom stereocenters. The lowest BCUT2D eigenvalue weighted by Gasteiger charge is -2.20. The average Bonchev–Trinajstić information content (AvgIpc) is 3.02. The zero-order valence-electron chi connectivity index (χ0n) is 14.2. The SMILES string of the molecule is C=C(CC(C#N)(C#N)Cc1ccccc1)c1ccc2c(ccn2C)c1. The molecule has 0 aliphatic rings. The number of aryl methyl sites for hydroxylation is 1. The fourth-order valence-electron chi connectivity index (χ4n) is 3.16. The standard InChI is InChI=1S/C22H19N3/c1-17(19-8-9-21-20(12-19)10-11-25(21)2)13-22(15-23,16-24)14-18-6-4-3-5-7-18/h3-12H,1,13-14H2,2H3. The van der Waals surface area contributed by atoms with Crippen LogP contribution in [0.3, 0.4) is 0 Å². The van der Waals surface area contributed by atoms with Crippen molar-refractivity contribution in [2.75, 3.05) is 0 Å². The molecule has 0 radical (unpaired) electrons. The van der Waals surface area contributed by atoms with Crippen molar-refractivity contribution in [1.82, 2.24) is 4.57 Å². The number of nitriles is 2. The highest BCUT2D eigenvalue weighted by molar-refractivity contribution is 5.84. The van der Waals surface area contributed by atoms with Crippen molar-refractivity contribution in [2.45, 2.75) is 12.8 Å². The first-order valence-corrected chi connectivity index (χ1v) is 8.16. The highest BCUT2D eigenvalue weighted by atomic mass is 14.9. The Morgan fingerprint density at radius 2 is 1.80 bits per heavy atom. The number of hydrogen-bond donors (Lipinski definition) is 0. The Kier molecular flexibility index (Phi) is 4.42. The molecule has 3 rings (SSSR count). The topological polar surface area (TPSA) is 52.5 Å². The van der Waals surface area contributed by atoms with Gasteiger partial charge in [-0.3, -0.25) is 0 Å². The van der Waals surface area contributed by atoms with Gasteiger partial charge in [-0.2, -0.15) is 10.5 Å². The molecular formula is C22H19N3. The molecule has 3 nitrogen and oxygen atoms in total. The summed E-state index contributed by atoms with van der Waals surface area (Å²) in [6, 6.07) is 22.3. The number of fused-ring (bicyclic) bond motifs is 1. The van der Waals surface area contributed by atoms with E-state index < -0.39 is 5.41 Å². The quantitative estimate of drug-likeness (QED) is 0.673. The van der Waals surface area contributed by atoms with Gasteiger partial charge in [-0.05, 0) is 34.9 Å². The van der Waals surface area contributed by atoms with Crippen LogP contribution in [0.1, 0.15) is 17.5 Å². The summed E-state index contributed by atoms with van der Waals surface area (Å²) >= 11 is 0. The summed E-state index contributed by atoms with van der Waals surface area (Å²) in [5, 5.41) is 20.5. The monoisotopic (exact) mass is 325 g/mol. The van der Waals surface area contributed by atoms with Gasteiger partial charge in [0.05, 0.1) is 12.1 Å². The average molecular weight is 325 g/mol. The van der Waals surface area contributed by atoms with Crippen LogP contribution < -0.4 is 0 Å². The molecule has 0 aliphatic carbocycles. The Balaban J connectivity index is 1.87. The first-order valence-electron chi connectivity index (χ1n) is 8.16. The van der Waals surface area contributed by atoms with Crippen molar-refractivity contribution in [3.8, 4) is 12.1 Å². The molecule has 0 saturated heterocycles. The zero-order valence-corrected chi connectivity index (χ0v) is 14.2. The molecule has 0 bridgehead atoms. The van der Waals surface area contributed by atoms with E-state index in [1.807, 2.05) is 55.7 Å². The summed E-state index contributed by atoms with van der Waals surface area (Å²) < 4.78 is 2.06. The van der Waals surface area contributed by atoms with Crippen LogP contribution in [0.5, 0.6) is 0 Å². The minimum atomic E-state index is -1.11. The van der Waals surface area contributed by atoms with Gasteiger partial charge < -0.3 is 4.57 Å². The van der Waals surface area contributed by atoms with E-state index in [2.05, 4.69) is 35.4 Å². The van der Waals surface area contributed by atoms with Crippen LogP contribution >= 0.6 is 0 Å². The number of benzene rings is 2. The lowest BCUT2D eigenvalue weighted by Crippen LogP contribution is -2.20. The summed E-state index contributed by atoms with van der Waals surface area (Å²) in [7, 11) is 2.01. The van der Waals surface area contributed by atoms with Gasteiger partial charge >= 0.3 is 0 Å². The van der Waals surface area contributed by atoms with Gasteiger partial charge in [0.15, 0.2) is 5.41 Å². The van der Waals surface area contributed by atoms with Crippen molar-refractivity contribution in [3.05, 3.63) is 78.5 Å². The van der Waals surface area contributed by atoms with Gasteiger partial charge in [-0.1, -0.05) is 43.0 Å². The molecule has 3 aromatic rings. The van der Waals surface area contributed by atoms with Crippen LogP contribution in [-0.4, -0.2) is 4.57 Å². The molecule has 1 aromatic heterocycles. The van der Waals surface area contributed by atoms with Crippen molar-refractivity contribution in [1.29, 1.82) is 10.5 Å². The smallest absolute Gasteiger partial charge is 0.151 e. The van der Waals surface area contributed by atoms with Crippen LogP contribution in [0.2, 0.25) is 0 Å². The molecule has 0 fully saturated rings. The maximum absolute atomic E-state index is 9.69. The highest BCUT2D eigenvalue weighted by Crippen LogP contribution is 2.34. The molecule has 122 valence electrons. The fraction of sp³-hybridized carbons (Fsp3) is 0.182. The maximum Gasteiger partial charge on any atom is 0.151 e. The number of hydrogen-bond acceptors (Lipinski definition) is 2. The second kappa shape index (κ2) is 6.67. The normalized spacial score (nSPS) is 11.0. The van der Waals surface area contributed by atoms with E-state index in [-0.39, 0.29) is 0 Å². The van der Waals surface area contributed by atoms with E-state index in [0.29, 0.717) is 12.8 Å². The lowest BCUT2D eigenvalue weighted by atomic mass is 9.78. The van der Waals surface area contributed by atoms with E-state index in [1.165, 1.54) is 0 Å². The number of rotatable bonds is 5. The van der Waals surface area contributed by atoms with E-state index in [9.17, 15) is 10.5 Å². The summed E-state index contributed by atoms with van der Waals surface area (Å²) in [5.41, 5.74) is 2.81. The minimum absolute atomic E-state index is 0.327. The predicted octanol–water partition coefficient (Wildman–Crippen LogP) is 4.86. The van der Waals surface area contributed by atoms with Crippen LogP contribution in [-0.2, 0) is 13.5 Å². The molecule has 0 spiro atoms. The molecule has 0 aliphatic heterocycles. The molecule has 2 aromatic carbocycles. The highest BCUT2D eigenvalue weighted by Gasteiger charge is 2.31. The molecule has 0 amide bonds. The largest absolute Gasteiger partial charge is 0.351 e. The molecule has 25 heavy (non-hydrogen) atoms. The van der Waals surface area contributed by atoms with Crippen LogP contribution in [0.15, 0.2) is 67.4 Å². The fourth-order valence-corrected chi connectivity index (χ4v) is 3.16. The Labute approximate surface area is 148 Å².